The summed E-state index contributed by atoms with van der Waals surface area (Å²) in [7, 11) is 0. The smallest absolute Gasteiger partial charge is 0.227 e. The molecule has 1 aromatic heterocycles. The van der Waals surface area contributed by atoms with Crippen LogP contribution in [0.15, 0.2) is 6.20 Å². The number of nitrogens with zero attached hydrogens (tertiary/aromatic N) is 5. The Hall–Kier alpha value is -2.00. The number of β-amino-alcohol motifs (C(OH)–C–C–N with tert-alkyl or cyclic N) is 1. The number of morpholine rings is 1. The highest BCUT2D eigenvalue weighted by molar-refractivity contribution is 5.73. The Kier molecular flexibility index (Phi) is 5.10. The van der Waals surface area contributed by atoms with E-state index < -0.39 is 11.9 Å². The van der Waals surface area contributed by atoms with Gasteiger partial charge in [-0.2, -0.15) is 4.98 Å². The lowest BCUT2D eigenvalue weighted by Gasteiger charge is -2.29. The molecule has 132 valence electrons. The van der Waals surface area contributed by atoms with Crippen LogP contribution >= 0.6 is 0 Å². The summed E-state index contributed by atoms with van der Waals surface area (Å²) in [6, 6.07) is 0. The third-order valence-electron chi connectivity index (χ3n) is 4.25. The zero-order valence-electron chi connectivity index (χ0n) is 13.7. The topological polar surface area (TPSA) is 82.0 Å². The fourth-order valence-electron chi connectivity index (χ4n) is 2.96. The lowest BCUT2D eigenvalue weighted by Crippen LogP contribution is -2.38. The number of aliphatic hydroxyl groups excluding tert-OH is 1. The van der Waals surface area contributed by atoms with Crippen molar-refractivity contribution in [2.75, 3.05) is 62.3 Å². The Morgan fingerprint density at radius 2 is 2.00 bits per heavy atom. The van der Waals surface area contributed by atoms with Crippen molar-refractivity contribution in [2.24, 2.45) is 0 Å². The van der Waals surface area contributed by atoms with E-state index in [1.165, 1.54) is 6.92 Å². The SMILES string of the molecule is CC(=O)N1CCN(c2ncc(F)c(N3CCOCC3)n2)C[C@H](O)C1. The highest BCUT2D eigenvalue weighted by atomic mass is 19.1. The van der Waals surface area contributed by atoms with Crippen molar-refractivity contribution >= 4 is 17.7 Å². The molecule has 1 aromatic rings. The molecule has 24 heavy (non-hydrogen) atoms. The quantitative estimate of drug-likeness (QED) is 0.776. The Labute approximate surface area is 139 Å². The second-order valence-electron chi connectivity index (χ2n) is 6.01. The van der Waals surface area contributed by atoms with E-state index >= 15 is 0 Å². The summed E-state index contributed by atoms with van der Waals surface area (Å²) >= 11 is 0. The van der Waals surface area contributed by atoms with E-state index in [-0.39, 0.29) is 18.3 Å². The maximum Gasteiger partial charge on any atom is 0.227 e. The van der Waals surface area contributed by atoms with Gasteiger partial charge < -0.3 is 24.5 Å². The molecule has 2 fully saturated rings. The average molecular weight is 339 g/mol. The Morgan fingerprint density at radius 3 is 2.71 bits per heavy atom. The van der Waals surface area contributed by atoms with Gasteiger partial charge in [-0.25, -0.2) is 9.37 Å². The Morgan fingerprint density at radius 1 is 1.25 bits per heavy atom. The number of anilines is 2. The molecule has 8 nitrogen and oxygen atoms in total. The summed E-state index contributed by atoms with van der Waals surface area (Å²) in [4.78, 5) is 25.2. The van der Waals surface area contributed by atoms with Crippen LogP contribution in [0.2, 0.25) is 0 Å². The van der Waals surface area contributed by atoms with Gasteiger partial charge in [-0.05, 0) is 0 Å². The minimum atomic E-state index is -0.697. The van der Waals surface area contributed by atoms with E-state index in [0.717, 1.165) is 6.20 Å². The van der Waals surface area contributed by atoms with Crippen LogP contribution in [0.3, 0.4) is 0 Å². The van der Waals surface area contributed by atoms with Crippen LogP contribution in [0.25, 0.3) is 0 Å². The van der Waals surface area contributed by atoms with Crippen molar-refractivity contribution in [1.29, 1.82) is 0 Å². The summed E-state index contributed by atoms with van der Waals surface area (Å²) in [5.74, 6) is 0.0686. The number of halogens is 1. The molecule has 0 bridgehead atoms. The van der Waals surface area contributed by atoms with E-state index in [2.05, 4.69) is 9.97 Å². The summed E-state index contributed by atoms with van der Waals surface area (Å²) in [5.41, 5.74) is 0. The van der Waals surface area contributed by atoms with Crippen LogP contribution in [0.1, 0.15) is 6.92 Å². The number of ether oxygens (including phenoxy) is 1. The molecule has 1 atom stereocenters. The average Bonchev–Trinajstić information content (AvgIpc) is 2.78. The summed E-state index contributed by atoms with van der Waals surface area (Å²) in [6.07, 6.45) is 0.463. The molecule has 2 aliphatic heterocycles. The molecule has 0 radical (unpaired) electrons. The molecule has 0 aromatic carbocycles. The first-order chi connectivity index (χ1) is 11.5. The van der Waals surface area contributed by atoms with Gasteiger partial charge in [0, 0.05) is 46.2 Å². The molecule has 0 saturated carbocycles. The van der Waals surface area contributed by atoms with E-state index in [9.17, 15) is 14.3 Å². The van der Waals surface area contributed by atoms with Gasteiger partial charge >= 0.3 is 0 Å². The van der Waals surface area contributed by atoms with Crippen LogP contribution in [-0.4, -0.2) is 84.5 Å². The second-order valence-corrected chi connectivity index (χ2v) is 6.01. The van der Waals surface area contributed by atoms with Crippen LogP contribution in [0, 0.1) is 5.82 Å². The third-order valence-corrected chi connectivity index (χ3v) is 4.25. The van der Waals surface area contributed by atoms with Crippen molar-refractivity contribution in [3.05, 3.63) is 12.0 Å². The van der Waals surface area contributed by atoms with Crippen molar-refractivity contribution in [2.45, 2.75) is 13.0 Å². The molecule has 1 N–H and O–H groups in total. The highest BCUT2D eigenvalue weighted by Gasteiger charge is 2.25. The first kappa shape index (κ1) is 16.8. The third kappa shape index (κ3) is 3.73. The molecule has 2 saturated heterocycles. The molecule has 0 aliphatic carbocycles. The molecule has 3 heterocycles. The number of amides is 1. The molecule has 0 spiro atoms. The van der Waals surface area contributed by atoms with Gasteiger partial charge in [0.15, 0.2) is 11.6 Å². The van der Waals surface area contributed by atoms with E-state index in [0.29, 0.717) is 51.9 Å². The summed E-state index contributed by atoms with van der Waals surface area (Å²) < 4.78 is 19.4. The zero-order chi connectivity index (χ0) is 17.1. The number of aliphatic hydroxyl groups is 1. The summed E-state index contributed by atoms with van der Waals surface area (Å²) in [6.45, 7) is 5.26. The van der Waals surface area contributed by atoms with Gasteiger partial charge in [-0.15, -0.1) is 0 Å². The Balaban J connectivity index is 1.79. The van der Waals surface area contributed by atoms with Crippen molar-refractivity contribution in [3.63, 3.8) is 0 Å². The molecule has 2 aliphatic rings. The largest absolute Gasteiger partial charge is 0.389 e. The molecule has 3 rings (SSSR count). The number of rotatable bonds is 2. The van der Waals surface area contributed by atoms with Crippen molar-refractivity contribution < 1.29 is 19.0 Å². The molecule has 0 unspecified atom stereocenters. The normalized spacial score (nSPS) is 22.5. The summed E-state index contributed by atoms with van der Waals surface area (Å²) in [5, 5.41) is 10.1. The maximum absolute atomic E-state index is 14.1. The highest BCUT2D eigenvalue weighted by Crippen LogP contribution is 2.21. The van der Waals surface area contributed by atoms with Crippen LogP contribution in [-0.2, 0) is 9.53 Å². The van der Waals surface area contributed by atoms with E-state index in [4.69, 9.17) is 4.74 Å². The van der Waals surface area contributed by atoms with Crippen molar-refractivity contribution in [1.82, 2.24) is 14.9 Å². The van der Waals surface area contributed by atoms with Gasteiger partial charge in [0.2, 0.25) is 11.9 Å². The Bertz CT molecular complexity index is 596. The van der Waals surface area contributed by atoms with Gasteiger partial charge in [-0.3, -0.25) is 4.79 Å². The standard InChI is InChI=1S/C15H22FN5O3/c1-11(22)20-2-3-21(10-12(23)9-20)15-17-8-13(16)14(18-15)19-4-6-24-7-5-19/h8,12,23H,2-7,9-10H2,1H3/t12-/m1/s1. The number of aromatic nitrogens is 2. The van der Waals surface area contributed by atoms with Gasteiger partial charge in [0.05, 0.1) is 25.5 Å². The van der Waals surface area contributed by atoms with E-state index in [1.807, 2.05) is 4.90 Å². The molecular formula is C15H22FN5O3. The molecule has 1 amide bonds. The van der Waals surface area contributed by atoms with Crippen LogP contribution < -0.4 is 9.80 Å². The fourth-order valence-corrected chi connectivity index (χ4v) is 2.96. The number of carbonyl (C=O) groups is 1. The van der Waals surface area contributed by atoms with Gasteiger partial charge in [0.1, 0.15) is 0 Å². The first-order valence-electron chi connectivity index (χ1n) is 8.08. The molecular weight excluding hydrogens is 317 g/mol. The predicted molar refractivity (Wildman–Crippen MR) is 85.5 cm³/mol. The van der Waals surface area contributed by atoms with Crippen LogP contribution in [0.5, 0.6) is 0 Å². The van der Waals surface area contributed by atoms with E-state index in [1.54, 1.807) is 9.80 Å². The minimum Gasteiger partial charge on any atom is -0.389 e. The lowest BCUT2D eigenvalue weighted by atomic mass is 10.3. The molecule has 9 heteroatoms. The monoisotopic (exact) mass is 339 g/mol. The fraction of sp³-hybridized carbons (Fsp3) is 0.667. The second kappa shape index (κ2) is 7.27. The zero-order valence-corrected chi connectivity index (χ0v) is 13.7. The van der Waals surface area contributed by atoms with Gasteiger partial charge in [-0.1, -0.05) is 0 Å². The number of hydrogen-bond acceptors (Lipinski definition) is 7. The van der Waals surface area contributed by atoms with Gasteiger partial charge in [0.25, 0.3) is 0 Å². The number of carbonyl (C=O) groups excluding carboxylic acids is 1. The van der Waals surface area contributed by atoms with Crippen LogP contribution in [0.4, 0.5) is 16.2 Å². The van der Waals surface area contributed by atoms with Crippen molar-refractivity contribution in [3.8, 4) is 0 Å². The predicted octanol–water partition coefficient (Wildman–Crippen LogP) is -0.518. The maximum atomic E-state index is 14.1. The first-order valence-corrected chi connectivity index (χ1v) is 8.08. The minimum absolute atomic E-state index is 0.0788. The lowest BCUT2D eigenvalue weighted by molar-refractivity contribution is -0.129. The number of hydrogen-bond donors (Lipinski definition) is 1.